The quantitative estimate of drug-likeness (QED) is 0.772. The molecule has 0 N–H and O–H groups in total. The average Bonchev–Trinajstić information content (AvgIpc) is 2.85. The maximum atomic E-state index is 12.1. The molecule has 1 heteroatoms. The molecule has 0 saturated heterocycles. The lowest BCUT2D eigenvalue weighted by molar-refractivity contribution is -0.117. The van der Waals surface area contributed by atoms with E-state index in [-0.39, 0.29) is 5.41 Å². The maximum absolute atomic E-state index is 12.1. The third-order valence-electron chi connectivity index (χ3n) is 5.07. The SMILES string of the molecule is CC(=O)[C]1C2CCCC2[C](c2ccccc2)C1(C)C. The lowest BCUT2D eigenvalue weighted by atomic mass is 9.69. The fraction of sp³-hybridized carbons (Fsp3) is 0.500. The molecule has 2 fully saturated rings. The van der Waals surface area contributed by atoms with Gasteiger partial charge in [0.25, 0.3) is 0 Å². The molecule has 2 radical (unpaired) electrons. The van der Waals surface area contributed by atoms with Gasteiger partial charge in [-0.3, -0.25) is 4.79 Å². The second kappa shape index (κ2) is 4.47. The molecular formula is C18H22O. The Kier molecular flexibility index (Phi) is 3.03. The molecule has 2 unspecified atom stereocenters. The smallest absolute Gasteiger partial charge is 0.137 e. The van der Waals surface area contributed by atoms with E-state index in [9.17, 15) is 4.79 Å². The molecule has 1 aromatic carbocycles. The van der Waals surface area contributed by atoms with Crippen LogP contribution in [0.1, 0.15) is 45.6 Å². The Balaban J connectivity index is 2.06. The fourth-order valence-electron chi connectivity index (χ4n) is 4.62. The molecule has 2 saturated carbocycles. The summed E-state index contributed by atoms with van der Waals surface area (Å²) >= 11 is 0. The van der Waals surface area contributed by atoms with E-state index in [4.69, 9.17) is 0 Å². The van der Waals surface area contributed by atoms with E-state index in [2.05, 4.69) is 44.2 Å². The Morgan fingerprint density at radius 1 is 1.11 bits per heavy atom. The summed E-state index contributed by atoms with van der Waals surface area (Å²) in [6.45, 7) is 6.23. The Morgan fingerprint density at radius 3 is 2.37 bits per heavy atom. The van der Waals surface area contributed by atoms with Gasteiger partial charge in [-0.25, -0.2) is 0 Å². The molecular weight excluding hydrogens is 232 g/mol. The van der Waals surface area contributed by atoms with Crippen molar-refractivity contribution in [1.82, 2.24) is 0 Å². The summed E-state index contributed by atoms with van der Waals surface area (Å²) in [5, 5.41) is 0. The fourth-order valence-corrected chi connectivity index (χ4v) is 4.62. The van der Waals surface area contributed by atoms with E-state index in [0.29, 0.717) is 17.6 Å². The highest BCUT2D eigenvalue weighted by Gasteiger charge is 2.59. The molecule has 0 amide bonds. The van der Waals surface area contributed by atoms with Crippen LogP contribution in [0.5, 0.6) is 0 Å². The molecule has 0 aliphatic heterocycles. The summed E-state index contributed by atoms with van der Waals surface area (Å²) < 4.78 is 0. The number of hydrogen-bond donors (Lipinski definition) is 0. The predicted octanol–water partition coefficient (Wildman–Crippen LogP) is 4.23. The number of fused-ring (bicyclic) bond motifs is 1. The van der Waals surface area contributed by atoms with Crippen LogP contribution < -0.4 is 0 Å². The van der Waals surface area contributed by atoms with Crippen LogP contribution in [-0.2, 0) is 4.79 Å². The van der Waals surface area contributed by atoms with Gasteiger partial charge in [-0.2, -0.15) is 0 Å². The van der Waals surface area contributed by atoms with Crippen molar-refractivity contribution in [3.8, 4) is 0 Å². The summed E-state index contributed by atoms with van der Waals surface area (Å²) in [5.41, 5.74) is 1.27. The molecule has 2 aliphatic rings. The van der Waals surface area contributed by atoms with Crippen molar-refractivity contribution in [3.63, 3.8) is 0 Å². The lowest BCUT2D eigenvalue weighted by Gasteiger charge is -2.33. The third-order valence-corrected chi connectivity index (χ3v) is 5.07. The number of carbonyl (C=O) groups is 1. The van der Waals surface area contributed by atoms with Crippen molar-refractivity contribution in [2.75, 3.05) is 0 Å². The van der Waals surface area contributed by atoms with Crippen molar-refractivity contribution in [2.24, 2.45) is 17.3 Å². The van der Waals surface area contributed by atoms with Crippen molar-refractivity contribution in [2.45, 2.75) is 40.0 Å². The molecule has 3 rings (SSSR count). The van der Waals surface area contributed by atoms with Crippen LogP contribution in [0.3, 0.4) is 0 Å². The molecule has 1 nitrogen and oxygen atoms in total. The molecule has 19 heavy (non-hydrogen) atoms. The number of carbonyl (C=O) groups excluding carboxylic acids is 1. The van der Waals surface area contributed by atoms with E-state index in [1.807, 2.05) is 0 Å². The lowest BCUT2D eigenvalue weighted by Crippen LogP contribution is -2.30. The Labute approximate surface area is 116 Å². The van der Waals surface area contributed by atoms with E-state index in [1.54, 1.807) is 6.92 Å². The van der Waals surface area contributed by atoms with Gasteiger partial charge < -0.3 is 0 Å². The number of ketones is 1. The number of Topliss-reactive ketones (excluding diaryl/α,β-unsaturated/α-hetero) is 1. The summed E-state index contributed by atoms with van der Waals surface area (Å²) in [5.74, 6) is 4.07. The van der Waals surface area contributed by atoms with Gasteiger partial charge in [0.05, 0.1) is 5.92 Å². The van der Waals surface area contributed by atoms with E-state index >= 15 is 0 Å². The standard InChI is InChI=1S/C18H22O/c1-12(19)16-14-10-7-11-15(14)17(18(16,2)3)13-8-5-4-6-9-13/h4-6,8-9,14-15H,7,10-11H2,1-3H3. The summed E-state index contributed by atoms with van der Waals surface area (Å²) in [6.07, 6.45) is 3.70. The largest absolute Gasteiger partial charge is 0.299 e. The van der Waals surface area contributed by atoms with Crippen molar-refractivity contribution < 1.29 is 4.79 Å². The highest BCUT2D eigenvalue weighted by molar-refractivity contribution is 5.93. The zero-order chi connectivity index (χ0) is 13.6. The Hall–Kier alpha value is -1.11. The van der Waals surface area contributed by atoms with Crippen molar-refractivity contribution in [1.29, 1.82) is 0 Å². The predicted molar refractivity (Wildman–Crippen MR) is 77.3 cm³/mol. The second-order valence-corrected chi connectivity index (χ2v) is 6.52. The van der Waals surface area contributed by atoms with Gasteiger partial charge in [-0.05, 0) is 42.6 Å². The van der Waals surface area contributed by atoms with Gasteiger partial charge in [0.15, 0.2) is 0 Å². The normalized spacial score (nSPS) is 30.5. The van der Waals surface area contributed by atoms with Crippen molar-refractivity contribution >= 4 is 5.78 Å². The Bertz CT molecular complexity index is 474. The van der Waals surface area contributed by atoms with E-state index in [1.165, 1.54) is 36.7 Å². The summed E-state index contributed by atoms with van der Waals surface area (Å²) in [7, 11) is 0. The van der Waals surface area contributed by atoms with Crippen LogP contribution in [0.15, 0.2) is 30.3 Å². The van der Waals surface area contributed by atoms with Crippen LogP contribution in [0.2, 0.25) is 0 Å². The molecule has 0 heterocycles. The zero-order valence-corrected chi connectivity index (χ0v) is 12.1. The molecule has 2 aliphatic carbocycles. The molecule has 100 valence electrons. The first-order valence-electron chi connectivity index (χ1n) is 7.34. The van der Waals surface area contributed by atoms with Crippen LogP contribution in [0, 0.1) is 29.1 Å². The minimum absolute atomic E-state index is 0.0665. The van der Waals surface area contributed by atoms with E-state index in [0.717, 1.165) is 0 Å². The summed E-state index contributed by atoms with van der Waals surface area (Å²) in [6, 6.07) is 10.7. The third kappa shape index (κ3) is 1.86. The van der Waals surface area contributed by atoms with Crippen LogP contribution in [0.4, 0.5) is 0 Å². The number of benzene rings is 1. The van der Waals surface area contributed by atoms with Crippen LogP contribution in [-0.4, -0.2) is 5.78 Å². The number of rotatable bonds is 2. The first kappa shape index (κ1) is 12.9. The topological polar surface area (TPSA) is 17.1 Å². The zero-order valence-electron chi connectivity index (χ0n) is 12.1. The first-order chi connectivity index (χ1) is 9.03. The van der Waals surface area contributed by atoms with Gasteiger partial charge in [-0.1, -0.05) is 50.6 Å². The minimum Gasteiger partial charge on any atom is -0.299 e. The average molecular weight is 254 g/mol. The van der Waals surface area contributed by atoms with Crippen LogP contribution >= 0.6 is 0 Å². The molecule has 0 aromatic heterocycles. The molecule has 0 spiro atoms. The first-order valence-corrected chi connectivity index (χ1v) is 7.34. The molecule has 0 bridgehead atoms. The molecule has 1 aromatic rings. The molecule has 2 atom stereocenters. The second-order valence-electron chi connectivity index (χ2n) is 6.52. The highest BCUT2D eigenvalue weighted by atomic mass is 16.1. The summed E-state index contributed by atoms with van der Waals surface area (Å²) in [4.78, 5) is 12.1. The maximum Gasteiger partial charge on any atom is 0.137 e. The van der Waals surface area contributed by atoms with Gasteiger partial charge in [0.1, 0.15) is 5.78 Å². The highest BCUT2D eigenvalue weighted by Crippen LogP contribution is 2.64. The van der Waals surface area contributed by atoms with Crippen molar-refractivity contribution in [3.05, 3.63) is 47.7 Å². The monoisotopic (exact) mass is 254 g/mol. The van der Waals surface area contributed by atoms with Gasteiger partial charge in [-0.15, -0.1) is 0 Å². The Morgan fingerprint density at radius 2 is 1.74 bits per heavy atom. The van der Waals surface area contributed by atoms with Gasteiger partial charge >= 0.3 is 0 Å². The minimum atomic E-state index is -0.0665. The van der Waals surface area contributed by atoms with E-state index < -0.39 is 0 Å². The number of hydrogen-bond acceptors (Lipinski definition) is 1. The van der Waals surface area contributed by atoms with Gasteiger partial charge in [0, 0.05) is 5.92 Å². The van der Waals surface area contributed by atoms with Crippen LogP contribution in [0.25, 0.3) is 0 Å². The van der Waals surface area contributed by atoms with Gasteiger partial charge in [0.2, 0.25) is 0 Å².